The lowest BCUT2D eigenvalue weighted by Gasteiger charge is -2.32. The van der Waals surface area contributed by atoms with Crippen molar-refractivity contribution in [3.05, 3.63) is 44.6 Å². The van der Waals surface area contributed by atoms with Gasteiger partial charge in [0.1, 0.15) is 6.61 Å². The number of carbonyl (C=O) groups is 1. The molecule has 8 heteroatoms. The van der Waals surface area contributed by atoms with Crippen molar-refractivity contribution in [2.75, 3.05) is 53.4 Å². The van der Waals surface area contributed by atoms with Crippen LogP contribution < -0.4 is 14.8 Å². The van der Waals surface area contributed by atoms with E-state index in [-0.39, 0.29) is 5.91 Å². The van der Waals surface area contributed by atoms with Gasteiger partial charge in [0.15, 0.2) is 11.5 Å². The molecule has 6 nitrogen and oxygen atoms in total. The van der Waals surface area contributed by atoms with Crippen LogP contribution in [0.1, 0.15) is 21.7 Å². The summed E-state index contributed by atoms with van der Waals surface area (Å²) in [6.45, 7) is 6.58. The summed E-state index contributed by atoms with van der Waals surface area (Å²) in [5, 5.41) is 3.00. The fraction of sp³-hybridized carbons (Fsp3) is 0.476. The monoisotopic (exact) mass is 481 g/mol. The minimum atomic E-state index is -0.0876. The molecule has 0 unspecified atom stereocenters. The molecule has 1 aromatic heterocycles. The number of nitrogens with zero attached hydrogens (tertiary/aromatic N) is 2. The van der Waals surface area contributed by atoms with Crippen molar-refractivity contribution >= 4 is 33.2 Å². The zero-order valence-corrected chi connectivity index (χ0v) is 19.4. The Morgan fingerprint density at radius 2 is 1.97 bits per heavy atom. The summed E-state index contributed by atoms with van der Waals surface area (Å²) in [7, 11) is 3.74. The molecule has 2 aromatic rings. The molecule has 1 aliphatic rings. The normalized spacial score (nSPS) is 15.3. The number of nitrogens with one attached hydrogen (secondary N) is 1. The number of benzene rings is 1. The second-order valence-electron chi connectivity index (χ2n) is 7.11. The van der Waals surface area contributed by atoms with E-state index in [1.165, 1.54) is 0 Å². The van der Waals surface area contributed by atoms with Crippen molar-refractivity contribution in [1.82, 2.24) is 15.1 Å². The molecular formula is C21H28BrN3O3S. The first-order chi connectivity index (χ1) is 14.0. The number of rotatable bonds is 9. The fourth-order valence-electron chi connectivity index (χ4n) is 3.18. The summed E-state index contributed by atoms with van der Waals surface area (Å²) < 4.78 is 12.4. The van der Waals surface area contributed by atoms with Gasteiger partial charge in [0.2, 0.25) is 0 Å². The molecule has 158 valence electrons. The highest BCUT2D eigenvalue weighted by atomic mass is 79.9. The zero-order chi connectivity index (χ0) is 20.6. The van der Waals surface area contributed by atoms with E-state index in [1.807, 2.05) is 12.1 Å². The second kappa shape index (κ2) is 11.0. The SMILES string of the molecule is COc1cc(C(=O)NCCCN2CCN(C)CC2)ccc1OCc1ccc(Br)s1. The van der Waals surface area contributed by atoms with E-state index in [2.05, 4.69) is 38.1 Å². The third kappa shape index (κ3) is 6.70. The molecule has 0 saturated carbocycles. The predicted octanol–water partition coefficient (Wildman–Crippen LogP) is 3.47. The highest BCUT2D eigenvalue weighted by Crippen LogP contribution is 2.30. The number of hydrogen-bond acceptors (Lipinski definition) is 6. The smallest absolute Gasteiger partial charge is 0.251 e. The summed E-state index contributed by atoms with van der Waals surface area (Å²) in [5.41, 5.74) is 0.577. The van der Waals surface area contributed by atoms with Gasteiger partial charge in [0, 0.05) is 43.2 Å². The van der Waals surface area contributed by atoms with Crippen molar-refractivity contribution in [1.29, 1.82) is 0 Å². The Morgan fingerprint density at radius 3 is 2.66 bits per heavy atom. The molecule has 1 aliphatic heterocycles. The lowest BCUT2D eigenvalue weighted by atomic mass is 10.2. The average molecular weight is 482 g/mol. The highest BCUT2D eigenvalue weighted by molar-refractivity contribution is 9.11. The van der Waals surface area contributed by atoms with Gasteiger partial charge in [0.05, 0.1) is 10.9 Å². The van der Waals surface area contributed by atoms with E-state index in [9.17, 15) is 4.79 Å². The maximum absolute atomic E-state index is 12.5. The van der Waals surface area contributed by atoms with Crippen LogP contribution in [0.5, 0.6) is 11.5 Å². The molecule has 0 aliphatic carbocycles. The molecule has 1 amide bonds. The van der Waals surface area contributed by atoms with Gasteiger partial charge in [-0.2, -0.15) is 0 Å². The number of thiophene rings is 1. The number of methoxy groups -OCH3 is 1. The van der Waals surface area contributed by atoms with E-state index in [0.29, 0.717) is 30.2 Å². The van der Waals surface area contributed by atoms with E-state index in [1.54, 1.807) is 36.6 Å². The van der Waals surface area contributed by atoms with Crippen molar-refractivity contribution in [3.8, 4) is 11.5 Å². The summed E-state index contributed by atoms with van der Waals surface area (Å²) >= 11 is 5.08. The van der Waals surface area contributed by atoms with Gasteiger partial charge in [-0.05, 0) is 66.3 Å². The molecular weight excluding hydrogens is 454 g/mol. The van der Waals surface area contributed by atoms with E-state index >= 15 is 0 Å². The van der Waals surface area contributed by atoms with Crippen LogP contribution in [0.2, 0.25) is 0 Å². The standard InChI is InChI=1S/C21H28BrN3O3S/c1-24-10-12-25(13-11-24)9-3-8-23-21(26)16-4-6-18(19(14-16)27-2)28-15-17-5-7-20(22)29-17/h4-7,14H,3,8-13,15H2,1-2H3,(H,23,26). The van der Waals surface area contributed by atoms with Crippen molar-refractivity contribution in [2.24, 2.45) is 0 Å². The van der Waals surface area contributed by atoms with E-state index in [0.717, 1.165) is 47.8 Å². The molecule has 1 fully saturated rings. The minimum Gasteiger partial charge on any atom is -0.493 e. The Kier molecular flexibility index (Phi) is 8.35. The van der Waals surface area contributed by atoms with Gasteiger partial charge in [-0.25, -0.2) is 0 Å². The van der Waals surface area contributed by atoms with Crippen LogP contribution in [-0.2, 0) is 6.61 Å². The topological polar surface area (TPSA) is 54.0 Å². The quantitative estimate of drug-likeness (QED) is 0.555. The van der Waals surface area contributed by atoms with Crippen molar-refractivity contribution < 1.29 is 14.3 Å². The minimum absolute atomic E-state index is 0.0876. The van der Waals surface area contributed by atoms with Crippen molar-refractivity contribution in [2.45, 2.75) is 13.0 Å². The third-order valence-electron chi connectivity index (χ3n) is 4.96. The number of amides is 1. The van der Waals surface area contributed by atoms with Gasteiger partial charge in [-0.1, -0.05) is 0 Å². The summed E-state index contributed by atoms with van der Waals surface area (Å²) in [5.74, 6) is 1.10. The van der Waals surface area contributed by atoms with Crippen LogP contribution in [0.25, 0.3) is 0 Å². The molecule has 2 heterocycles. The van der Waals surface area contributed by atoms with Gasteiger partial charge in [-0.15, -0.1) is 11.3 Å². The number of ether oxygens (including phenoxy) is 2. The molecule has 1 aromatic carbocycles. The summed E-state index contributed by atoms with van der Waals surface area (Å²) in [6.07, 6.45) is 0.949. The Labute approximate surface area is 184 Å². The number of carbonyl (C=O) groups excluding carboxylic acids is 1. The Morgan fingerprint density at radius 1 is 1.17 bits per heavy atom. The molecule has 0 atom stereocenters. The molecule has 0 radical (unpaired) electrons. The van der Waals surface area contributed by atoms with Gasteiger partial charge in [0.25, 0.3) is 5.91 Å². The van der Waals surface area contributed by atoms with Crippen LogP contribution in [0.4, 0.5) is 0 Å². The van der Waals surface area contributed by atoms with Gasteiger partial charge in [-0.3, -0.25) is 4.79 Å². The van der Waals surface area contributed by atoms with E-state index < -0.39 is 0 Å². The van der Waals surface area contributed by atoms with Crippen LogP contribution >= 0.6 is 27.3 Å². The zero-order valence-electron chi connectivity index (χ0n) is 16.9. The average Bonchev–Trinajstić information content (AvgIpc) is 3.15. The summed E-state index contributed by atoms with van der Waals surface area (Å²) in [6, 6.07) is 9.32. The Bertz CT molecular complexity index is 806. The number of halogens is 1. The second-order valence-corrected chi connectivity index (χ2v) is 9.66. The van der Waals surface area contributed by atoms with Gasteiger partial charge >= 0.3 is 0 Å². The number of piperazine rings is 1. The third-order valence-corrected chi connectivity index (χ3v) is 6.55. The van der Waals surface area contributed by atoms with Crippen LogP contribution in [0.15, 0.2) is 34.1 Å². The fourth-order valence-corrected chi connectivity index (χ4v) is 4.58. The molecule has 3 rings (SSSR count). The summed E-state index contributed by atoms with van der Waals surface area (Å²) in [4.78, 5) is 18.4. The van der Waals surface area contributed by atoms with Crippen molar-refractivity contribution in [3.63, 3.8) is 0 Å². The number of hydrogen-bond donors (Lipinski definition) is 1. The first-order valence-electron chi connectivity index (χ1n) is 9.79. The number of likely N-dealkylation sites (N-methyl/N-ethyl adjacent to an activating group) is 1. The molecule has 0 bridgehead atoms. The first kappa shape index (κ1) is 22.1. The maximum Gasteiger partial charge on any atom is 0.251 e. The van der Waals surface area contributed by atoms with Crippen LogP contribution in [0.3, 0.4) is 0 Å². The molecule has 1 N–H and O–H groups in total. The molecule has 0 spiro atoms. The van der Waals surface area contributed by atoms with E-state index in [4.69, 9.17) is 9.47 Å². The molecule has 29 heavy (non-hydrogen) atoms. The lowest BCUT2D eigenvalue weighted by Crippen LogP contribution is -2.45. The molecule has 1 saturated heterocycles. The van der Waals surface area contributed by atoms with Gasteiger partial charge < -0.3 is 24.6 Å². The maximum atomic E-state index is 12.5. The predicted molar refractivity (Wildman–Crippen MR) is 120 cm³/mol. The Hall–Kier alpha value is -1.61. The lowest BCUT2D eigenvalue weighted by molar-refractivity contribution is 0.0949. The van der Waals surface area contributed by atoms with Crippen LogP contribution in [0, 0.1) is 0 Å². The largest absolute Gasteiger partial charge is 0.493 e. The van der Waals surface area contributed by atoms with Crippen LogP contribution in [-0.4, -0.2) is 69.1 Å². The Balaban J connectivity index is 1.46. The highest BCUT2D eigenvalue weighted by Gasteiger charge is 2.14. The first-order valence-corrected chi connectivity index (χ1v) is 11.4.